The zero-order valence-electron chi connectivity index (χ0n) is 11.6. The van der Waals surface area contributed by atoms with Crippen molar-refractivity contribution in [1.82, 2.24) is 9.78 Å². The first-order chi connectivity index (χ1) is 9.56. The van der Waals surface area contributed by atoms with Crippen LogP contribution in [0.5, 0.6) is 5.75 Å². The van der Waals surface area contributed by atoms with Gasteiger partial charge in [-0.15, -0.1) is 0 Å². The van der Waals surface area contributed by atoms with Crippen molar-refractivity contribution in [2.45, 2.75) is 12.8 Å². The highest BCUT2D eigenvalue weighted by Gasteiger charge is 2.25. The standard InChI is InChI=1S/C15H15N3O2/c1-10-14(9-18(2)17-10)15(19)13(8-16)11-5-4-6-12(7-11)20-3/h4-7,9,13H,1-3H3. The molecule has 0 fully saturated rings. The lowest BCUT2D eigenvalue weighted by Gasteiger charge is -2.09. The topological polar surface area (TPSA) is 67.9 Å². The highest BCUT2D eigenvalue weighted by atomic mass is 16.5. The summed E-state index contributed by atoms with van der Waals surface area (Å²) in [4.78, 5) is 12.5. The van der Waals surface area contributed by atoms with Crippen molar-refractivity contribution in [3.05, 3.63) is 47.3 Å². The second kappa shape index (κ2) is 5.57. The first-order valence-corrected chi connectivity index (χ1v) is 6.15. The van der Waals surface area contributed by atoms with Crippen LogP contribution in [0.3, 0.4) is 0 Å². The molecule has 20 heavy (non-hydrogen) atoms. The van der Waals surface area contributed by atoms with Crippen LogP contribution in [0.15, 0.2) is 30.5 Å². The molecule has 0 N–H and O–H groups in total. The van der Waals surface area contributed by atoms with E-state index in [1.165, 1.54) is 0 Å². The molecule has 1 unspecified atom stereocenters. The van der Waals surface area contributed by atoms with E-state index in [4.69, 9.17) is 4.74 Å². The molecule has 0 bridgehead atoms. The van der Waals surface area contributed by atoms with Gasteiger partial charge in [-0.2, -0.15) is 10.4 Å². The Morgan fingerprint density at radius 1 is 1.50 bits per heavy atom. The maximum absolute atomic E-state index is 12.5. The van der Waals surface area contributed by atoms with Crippen molar-refractivity contribution in [1.29, 1.82) is 5.26 Å². The fourth-order valence-corrected chi connectivity index (χ4v) is 2.10. The SMILES string of the molecule is COc1cccc(C(C#N)C(=O)c2cn(C)nc2C)c1. The fraction of sp³-hybridized carbons (Fsp3) is 0.267. The van der Waals surface area contributed by atoms with E-state index in [1.54, 1.807) is 56.2 Å². The fourth-order valence-electron chi connectivity index (χ4n) is 2.10. The van der Waals surface area contributed by atoms with Gasteiger partial charge in [0.25, 0.3) is 0 Å². The Kier molecular flexibility index (Phi) is 3.85. The lowest BCUT2D eigenvalue weighted by Crippen LogP contribution is -2.12. The lowest BCUT2D eigenvalue weighted by molar-refractivity contribution is 0.0978. The number of hydrogen-bond acceptors (Lipinski definition) is 4. The van der Waals surface area contributed by atoms with Gasteiger partial charge in [0.05, 0.1) is 24.4 Å². The number of benzene rings is 1. The largest absolute Gasteiger partial charge is 0.497 e. The Morgan fingerprint density at radius 2 is 2.25 bits per heavy atom. The molecule has 0 spiro atoms. The molecule has 0 radical (unpaired) electrons. The minimum absolute atomic E-state index is 0.244. The molecule has 0 saturated carbocycles. The summed E-state index contributed by atoms with van der Waals surface area (Å²) in [5.41, 5.74) is 1.72. The maximum atomic E-state index is 12.5. The molecule has 0 saturated heterocycles. The van der Waals surface area contributed by atoms with Crippen LogP contribution in [-0.4, -0.2) is 22.7 Å². The van der Waals surface area contributed by atoms with Gasteiger partial charge in [0.15, 0.2) is 5.78 Å². The van der Waals surface area contributed by atoms with Crippen LogP contribution >= 0.6 is 0 Å². The number of carbonyl (C=O) groups is 1. The van der Waals surface area contributed by atoms with E-state index in [-0.39, 0.29) is 5.78 Å². The number of Topliss-reactive ketones (excluding diaryl/α,β-unsaturated/α-hetero) is 1. The van der Waals surface area contributed by atoms with E-state index >= 15 is 0 Å². The number of aryl methyl sites for hydroxylation is 2. The molecule has 0 aliphatic heterocycles. The average molecular weight is 269 g/mol. The Hall–Kier alpha value is -2.61. The van der Waals surface area contributed by atoms with Gasteiger partial charge in [-0.1, -0.05) is 12.1 Å². The predicted octanol–water partition coefficient (Wildman–Crippen LogP) is 2.23. The van der Waals surface area contributed by atoms with Gasteiger partial charge in [0.1, 0.15) is 11.7 Å². The molecule has 1 aromatic carbocycles. The number of ether oxygens (including phenoxy) is 1. The summed E-state index contributed by atoms with van der Waals surface area (Å²) in [6.07, 6.45) is 1.64. The lowest BCUT2D eigenvalue weighted by atomic mass is 9.92. The number of carbonyl (C=O) groups excluding carboxylic acids is 1. The Labute approximate surface area is 117 Å². The molecule has 1 atom stereocenters. The summed E-state index contributed by atoms with van der Waals surface area (Å²) in [5, 5.41) is 13.5. The number of methoxy groups -OCH3 is 1. The third-order valence-corrected chi connectivity index (χ3v) is 3.10. The highest BCUT2D eigenvalue weighted by Crippen LogP contribution is 2.24. The minimum atomic E-state index is -0.854. The third-order valence-electron chi connectivity index (χ3n) is 3.10. The number of nitriles is 1. The second-order valence-electron chi connectivity index (χ2n) is 4.50. The van der Waals surface area contributed by atoms with Gasteiger partial charge in [0, 0.05) is 13.2 Å². The molecule has 0 amide bonds. The number of aromatic nitrogens is 2. The minimum Gasteiger partial charge on any atom is -0.497 e. The average Bonchev–Trinajstić information content (AvgIpc) is 2.78. The molecule has 0 aliphatic carbocycles. The molecular formula is C15H15N3O2. The van der Waals surface area contributed by atoms with E-state index in [0.29, 0.717) is 22.6 Å². The maximum Gasteiger partial charge on any atom is 0.187 e. The van der Waals surface area contributed by atoms with Crippen LogP contribution in [0, 0.1) is 18.3 Å². The van der Waals surface area contributed by atoms with Crippen LogP contribution in [0.25, 0.3) is 0 Å². The molecule has 2 rings (SSSR count). The number of ketones is 1. The molecule has 2 aromatic rings. The molecule has 102 valence electrons. The summed E-state index contributed by atoms with van der Waals surface area (Å²) >= 11 is 0. The summed E-state index contributed by atoms with van der Waals surface area (Å²) in [6.45, 7) is 1.76. The van der Waals surface area contributed by atoms with E-state index in [9.17, 15) is 10.1 Å². The van der Waals surface area contributed by atoms with Crippen LogP contribution in [0.1, 0.15) is 27.5 Å². The number of nitrogens with zero attached hydrogens (tertiary/aromatic N) is 3. The first-order valence-electron chi connectivity index (χ1n) is 6.15. The number of rotatable bonds is 4. The van der Waals surface area contributed by atoms with Crippen molar-refractivity contribution >= 4 is 5.78 Å². The van der Waals surface area contributed by atoms with Crippen LogP contribution < -0.4 is 4.74 Å². The van der Waals surface area contributed by atoms with Gasteiger partial charge in [-0.05, 0) is 24.6 Å². The summed E-state index contributed by atoms with van der Waals surface area (Å²) in [6, 6.07) is 9.06. The zero-order valence-corrected chi connectivity index (χ0v) is 11.6. The van der Waals surface area contributed by atoms with Crippen molar-refractivity contribution in [3.63, 3.8) is 0 Å². The molecule has 5 heteroatoms. The quantitative estimate of drug-likeness (QED) is 0.798. The Bertz CT molecular complexity index is 683. The third kappa shape index (κ3) is 2.54. The van der Waals surface area contributed by atoms with Gasteiger partial charge in [-0.25, -0.2) is 0 Å². The summed E-state index contributed by atoms with van der Waals surface area (Å²) < 4.78 is 6.70. The van der Waals surface area contributed by atoms with Crippen LogP contribution in [0.4, 0.5) is 0 Å². The van der Waals surface area contributed by atoms with E-state index < -0.39 is 5.92 Å². The van der Waals surface area contributed by atoms with Crippen LogP contribution in [-0.2, 0) is 7.05 Å². The molecule has 1 aromatic heterocycles. The van der Waals surface area contributed by atoms with E-state index in [2.05, 4.69) is 11.2 Å². The second-order valence-corrected chi connectivity index (χ2v) is 4.50. The first kappa shape index (κ1) is 13.8. The normalized spacial score (nSPS) is 11.7. The Morgan fingerprint density at radius 3 is 2.80 bits per heavy atom. The van der Waals surface area contributed by atoms with Crippen molar-refractivity contribution in [3.8, 4) is 11.8 Å². The van der Waals surface area contributed by atoms with E-state index in [1.807, 2.05) is 0 Å². The highest BCUT2D eigenvalue weighted by molar-refractivity contribution is 6.03. The Balaban J connectivity index is 2.40. The van der Waals surface area contributed by atoms with Gasteiger partial charge < -0.3 is 4.74 Å². The number of hydrogen-bond donors (Lipinski definition) is 0. The molecular weight excluding hydrogens is 254 g/mol. The molecule has 0 aliphatic rings. The molecule has 5 nitrogen and oxygen atoms in total. The summed E-state index contributed by atoms with van der Waals surface area (Å²) in [5.74, 6) is -0.474. The van der Waals surface area contributed by atoms with Crippen LogP contribution in [0.2, 0.25) is 0 Å². The van der Waals surface area contributed by atoms with Crippen molar-refractivity contribution in [2.24, 2.45) is 7.05 Å². The zero-order chi connectivity index (χ0) is 14.7. The van der Waals surface area contributed by atoms with E-state index in [0.717, 1.165) is 0 Å². The van der Waals surface area contributed by atoms with Crippen molar-refractivity contribution < 1.29 is 9.53 Å². The van der Waals surface area contributed by atoms with Gasteiger partial charge in [-0.3, -0.25) is 9.48 Å². The van der Waals surface area contributed by atoms with Gasteiger partial charge >= 0.3 is 0 Å². The predicted molar refractivity (Wildman–Crippen MR) is 73.6 cm³/mol. The van der Waals surface area contributed by atoms with Crippen molar-refractivity contribution in [2.75, 3.05) is 7.11 Å². The smallest absolute Gasteiger partial charge is 0.187 e. The monoisotopic (exact) mass is 269 g/mol. The summed E-state index contributed by atoms with van der Waals surface area (Å²) in [7, 11) is 3.30. The molecule has 1 heterocycles. The van der Waals surface area contributed by atoms with Gasteiger partial charge in [0.2, 0.25) is 0 Å².